The van der Waals surface area contributed by atoms with E-state index in [1.54, 1.807) is 4.40 Å². The van der Waals surface area contributed by atoms with Gasteiger partial charge in [0.1, 0.15) is 0 Å². The fraction of sp³-hybridized carbons (Fsp3) is 0. The van der Waals surface area contributed by atoms with E-state index in [0.717, 1.165) is 49.7 Å². The Morgan fingerprint density at radius 2 is 0.894 bits per heavy atom. The maximum atomic E-state index is 14.3. The van der Waals surface area contributed by atoms with Gasteiger partial charge in [0.15, 0.2) is 17.5 Å². The number of fused-ring (bicyclic) bond motifs is 2. The molecule has 0 atom stereocenters. The molecule has 0 aliphatic heterocycles. The monoisotopic (exact) mass is 603 g/mol. The topological polar surface area (TPSA) is 73.0 Å². The van der Waals surface area contributed by atoms with Crippen molar-refractivity contribution in [2.75, 3.05) is 0 Å². The standard InChI is InChI=1S/C41H25N5O/c47-41-33-22-11-10-21-32(33)34-24-31(30-20-12-19-29(23-30)26-13-4-1-5-14-26)25-35-36(34)46(41)40(42-35)39-44-37(27-15-6-2-7-16-27)43-38(45-39)28-17-8-3-9-18-28/h1-25H. The van der Waals surface area contributed by atoms with E-state index in [2.05, 4.69) is 48.5 Å². The summed E-state index contributed by atoms with van der Waals surface area (Å²) < 4.78 is 1.68. The minimum absolute atomic E-state index is 0.160. The van der Waals surface area contributed by atoms with Crippen LogP contribution in [0.4, 0.5) is 0 Å². The van der Waals surface area contributed by atoms with E-state index in [-0.39, 0.29) is 5.56 Å². The Morgan fingerprint density at radius 1 is 0.383 bits per heavy atom. The molecule has 9 rings (SSSR count). The van der Waals surface area contributed by atoms with Gasteiger partial charge in [0.05, 0.1) is 11.0 Å². The highest BCUT2D eigenvalue weighted by Crippen LogP contribution is 2.36. The normalized spacial score (nSPS) is 11.5. The highest BCUT2D eigenvalue weighted by Gasteiger charge is 2.23. The Balaban J connectivity index is 1.33. The van der Waals surface area contributed by atoms with E-state index in [0.29, 0.717) is 34.2 Å². The van der Waals surface area contributed by atoms with Gasteiger partial charge in [-0.15, -0.1) is 0 Å². The molecular formula is C41H25N5O. The van der Waals surface area contributed by atoms with Gasteiger partial charge in [-0.3, -0.25) is 9.20 Å². The van der Waals surface area contributed by atoms with Gasteiger partial charge in [-0.1, -0.05) is 127 Å². The van der Waals surface area contributed by atoms with Crippen molar-refractivity contribution in [1.82, 2.24) is 24.3 Å². The lowest BCUT2D eigenvalue weighted by molar-refractivity contribution is 1.02. The number of pyridine rings is 1. The van der Waals surface area contributed by atoms with Gasteiger partial charge in [-0.25, -0.2) is 19.9 Å². The van der Waals surface area contributed by atoms with Crippen LogP contribution in [0.25, 0.3) is 83.9 Å². The van der Waals surface area contributed by atoms with E-state index in [4.69, 9.17) is 19.9 Å². The number of aromatic nitrogens is 5. The first-order valence-corrected chi connectivity index (χ1v) is 15.4. The summed E-state index contributed by atoms with van der Waals surface area (Å²) in [5.41, 5.74) is 7.33. The summed E-state index contributed by atoms with van der Waals surface area (Å²) in [5, 5.41) is 2.43. The molecule has 0 amide bonds. The summed E-state index contributed by atoms with van der Waals surface area (Å²) in [5.74, 6) is 1.74. The third-order valence-electron chi connectivity index (χ3n) is 8.60. The lowest BCUT2D eigenvalue weighted by Crippen LogP contribution is -2.15. The summed E-state index contributed by atoms with van der Waals surface area (Å²) in [6, 6.07) is 50.4. The highest BCUT2D eigenvalue weighted by molar-refractivity contribution is 6.13. The molecule has 0 N–H and O–H groups in total. The molecule has 0 fully saturated rings. The summed E-state index contributed by atoms with van der Waals surface area (Å²) in [4.78, 5) is 34.1. The van der Waals surface area contributed by atoms with E-state index >= 15 is 0 Å². The number of imidazole rings is 1. The molecule has 220 valence electrons. The molecule has 0 aliphatic carbocycles. The molecule has 0 unspecified atom stereocenters. The van der Waals surface area contributed by atoms with Crippen molar-refractivity contribution < 1.29 is 0 Å². The van der Waals surface area contributed by atoms with Gasteiger partial charge < -0.3 is 0 Å². The number of hydrogen-bond donors (Lipinski definition) is 0. The Labute approximate surface area is 269 Å². The summed E-state index contributed by atoms with van der Waals surface area (Å²) in [6.45, 7) is 0. The van der Waals surface area contributed by atoms with Crippen molar-refractivity contribution in [2.24, 2.45) is 0 Å². The Bertz CT molecular complexity index is 2580. The number of rotatable bonds is 5. The van der Waals surface area contributed by atoms with E-state index in [1.165, 1.54) is 0 Å². The maximum absolute atomic E-state index is 14.3. The lowest BCUT2D eigenvalue weighted by atomic mass is 9.96. The van der Waals surface area contributed by atoms with Gasteiger partial charge in [0, 0.05) is 21.9 Å². The molecule has 9 aromatic rings. The second kappa shape index (κ2) is 10.8. The molecule has 0 saturated carbocycles. The molecule has 0 radical (unpaired) electrons. The average Bonchev–Trinajstić information content (AvgIpc) is 3.55. The van der Waals surface area contributed by atoms with Crippen LogP contribution in [-0.2, 0) is 0 Å². The molecule has 0 saturated heterocycles. The van der Waals surface area contributed by atoms with Crippen LogP contribution in [0.2, 0.25) is 0 Å². The average molecular weight is 604 g/mol. The molecule has 0 spiro atoms. The molecular weight excluding hydrogens is 578 g/mol. The second-order valence-corrected chi connectivity index (χ2v) is 11.5. The predicted molar refractivity (Wildman–Crippen MR) is 188 cm³/mol. The summed E-state index contributed by atoms with van der Waals surface area (Å²) >= 11 is 0. The molecule has 6 heteroatoms. The van der Waals surface area contributed by atoms with Crippen LogP contribution in [0.1, 0.15) is 0 Å². The van der Waals surface area contributed by atoms with Crippen LogP contribution in [0.5, 0.6) is 0 Å². The van der Waals surface area contributed by atoms with E-state index in [9.17, 15) is 4.79 Å². The predicted octanol–water partition coefficient (Wildman–Crippen LogP) is 8.96. The minimum Gasteiger partial charge on any atom is -0.268 e. The summed E-state index contributed by atoms with van der Waals surface area (Å²) in [6.07, 6.45) is 0. The zero-order valence-corrected chi connectivity index (χ0v) is 25.1. The third-order valence-corrected chi connectivity index (χ3v) is 8.60. The van der Waals surface area contributed by atoms with Gasteiger partial charge in [0.25, 0.3) is 5.56 Å². The zero-order chi connectivity index (χ0) is 31.3. The molecule has 6 nitrogen and oxygen atoms in total. The van der Waals surface area contributed by atoms with Crippen LogP contribution < -0.4 is 5.56 Å². The van der Waals surface area contributed by atoms with Gasteiger partial charge >= 0.3 is 0 Å². The largest absolute Gasteiger partial charge is 0.268 e. The maximum Gasteiger partial charge on any atom is 0.264 e. The van der Waals surface area contributed by atoms with Crippen molar-refractivity contribution in [3.63, 3.8) is 0 Å². The smallest absolute Gasteiger partial charge is 0.264 e. The first-order chi connectivity index (χ1) is 23.2. The first-order valence-electron chi connectivity index (χ1n) is 15.4. The quantitative estimate of drug-likeness (QED) is 0.184. The molecule has 3 aromatic heterocycles. The van der Waals surface area contributed by atoms with Gasteiger partial charge in [-0.05, 0) is 51.9 Å². The SMILES string of the molecule is O=c1c2ccccc2c2cc(-c3cccc(-c4ccccc4)c3)cc3nc(-c4nc(-c5ccccc5)nc(-c5ccccc5)n4)n1c32. The molecule has 0 bridgehead atoms. The Morgan fingerprint density at radius 3 is 1.53 bits per heavy atom. The Kier molecular flexibility index (Phi) is 6.18. The van der Waals surface area contributed by atoms with Crippen LogP contribution in [0, 0.1) is 0 Å². The van der Waals surface area contributed by atoms with Crippen molar-refractivity contribution in [1.29, 1.82) is 0 Å². The summed E-state index contributed by atoms with van der Waals surface area (Å²) in [7, 11) is 0. The zero-order valence-electron chi connectivity index (χ0n) is 25.1. The van der Waals surface area contributed by atoms with Crippen LogP contribution in [0.3, 0.4) is 0 Å². The van der Waals surface area contributed by atoms with E-state index < -0.39 is 0 Å². The van der Waals surface area contributed by atoms with Crippen LogP contribution >= 0.6 is 0 Å². The Hall–Kier alpha value is -6.53. The van der Waals surface area contributed by atoms with Crippen LogP contribution in [-0.4, -0.2) is 24.3 Å². The van der Waals surface area contributed by atoms with Crippen molar-refractivity contribution in [3.05, 3.63) is 162 Å². The number of nitrogens with zero attached hydrogens (tertiary/aromatic N) is 5. The van der Waals surface area contributed by atoms with Crippen molar-refractivity contribution in [2.45, 2.75) is 0 Å². The molecule has 6 aromatic carbocycles. The second-order valence-electron chi connectivity index (χ2n) is 11.5. The molecule has 0 aliphatic rings. The fourth-order valence-corrected chi connectivity index (χ4v) is 6.37. The van der Waals surface area contributed by atoms with E-state index in [1.807, 2.05) is 103 Å². The van der Waals surface area contributed by atoms with Crippen molar-refractivity contribution >= 4 is 27.2 Å². The number of hydrogen-bond acceptors (Lipinski definition) is 5. The first kappa shape index (κ1) is 26.8. The number of benzene rings is 6. The van der Waals surface area contributed by atoms with Gasteiger partial charge in [-0.2, -0.15) is 0 Å². The van der Waals surface area contributed by atoms with Crippen LogP contribution in [0.15, 0.2) is 156 Å². The van der Waals surface area contributed by atoms with Crippen molar-refractivity contribution in [3.8, 4) is 56.7 Å². The lowest BCUT2D eigenvalue weighted by Gasteiger charge is -2.10. The molecule has 3 heterocycles. The fourth-order valence-electron chi connectivity index (χ4n) is 6.37. The third kappa shape index (κ3) is 4.54. The molecule has 47 heavy (non-hydrogen) atoms. The van der Waals surface area contributed by atoms with Gasteiger partial charge in [0.2, 0.25) is 5.82 Å². The minimum atomic E-state index is -0.160. The highest BCUT2D eigenvalue weighted by atomic mass is 16.1.